The first-order chi connectivity index (χ1) is 11.7. The van der Waals surface area contributed by atoms with Crippen LogP contribution in [0.25, 0.3) is 0 Å². The number of methoxy groups -OCH3 is 1. The second-order valence-electron chi connectivity index (χ2n) is 6.01. The fourth-order valence-corrected chi connectivity index (χ4v) is 2.97. The first kappa shape index (κ1) is 16.4. The number of aryl methyl sites for hydroxylation is 2. The molecule has 0 bridgehead atoms. The predicted octanol–water partition coefficient (Wildman–Crippen LogP) is 3.98. The molecular formula is C20H23NO3. The van der Waals surface area contributed by atoms with Crippen LogP contribution in [0.15, 0.2) is 42.5 Å². The summed E-state index contributed by atoms with van der Waals surface area (Å²) in [6.45, 7) is 0.518. The lowest BCUT2D eigenvalue weighted by molar-refractivity contribution is -0.116. The van der Waals surface area contributed by atoms with E-state index in [4.69, 9.17) is 9.47 Å². The van der Waals surface area contributed by atoms with Crippen molar-refractivity contribution in [2.75, 3.05) is 19.0 Å². The lowest BCUT2D eigenvalue weighted by Crippen LogP contribution is -2.13. The quantitative estimate of drug-likeness (QED) is 0.783. The van der Waals surface area contributed by atoms with Crippen molar-refractivity contribution < 1.29 is 14.3 Å². The van der Waals surface area contributed by atoms with Crippen molar-refractivity contribution in [2.45, 2.75) is 32.1 Å². The predicted molar refractivity (Wildman–Crippen MR) is 94.8 cm³/mol. The average molecular weight is 325 g/mol. The molecule has 0 fully saturated rings. The zero-order chi connectivity index (χ0) is 16.8. The van der Waals surface area contributed by atoms with Gasteiger partial charge >= 0.3 is 0 Å². The summed E-state index contributed by atoms with van der Waals surface area (Å²) in [5.74, 6) is 1.62. The smallest absolute Gasteiger partial charge is 0.224 e. The standard InChI is InChI=1S/C20H23NO3/c1-23-18-9-11-19(12-10-18)24-13-3-6-20(22)21-17-8-7-15-4-2-5-16(15)14-17/h7-12,14H,2-6,13H2,1H3,(H,21,22). The van der Waals surface area contributed by atoms with Crippen molar-refractivity contribution in [3.05, 3.63) is 53.6 Å². The maximum Gasteiger partial charge on any atom is 0.224 e. The van der Waals surface area contributed by atoms with E-state index < -0.39 is 0 Å². The van der Waals surface area contributed by atoms with Gasteiger partial charge in [0.1, 0.15) is 11.5 Å². The van der Waals surface area contributed by atoms with E-state index >= 15 is 0 Å². The fourth-order valence-electron chi connectivity index (χ4n) is 2.97. The Bertz CT molecular complexity index is 695. The van der Waals surface area contributed by atoms with Crippen LogP contribution in [-0.2, 0) is 17.6 Å². The Morgan fingerprint density at radius 1 is 1.04 bits per heavy atom. The van der Waals surface area contributed by atoms with Gasteiger partial charge in [-0.1, -0.05) is 6.07 Å². The molecule has 4 heteroatoms. The van der Waals surface area contributed by atoms with E-state index in [0.717, 1.165) is 30.0 Å². The molecule has 0 heterocycles. The highest BCUT2D eigenvalue weighted by Gasteiger charge is 2.11. The summed E-state index contributed by atoms with van der Waals surface area (Å²) in [7, 11) is 1.63. The van der Waals surface area contributed by atoms with E-state index in [1.54, 1.807) is 7.11 Å². The molecule has 0 saturated heterocycles. The molecule has 2 aromatic rings. The van der Waals surface area contributed by atoms with Crippen molar-refractivity contribution in [1.82, 2.24) is 0 Å². The maximum atomic E-state index is 12.0. The molecule has 1 N–H and O–H groups in total. The topological polar surface area (TPSA) is 47.6 Å². The van der Waals surface area contributed by atoms with E-state index in [2.05, 4.69) is 17.4 Å². The summed E-state index contributed by atoms with van der Waals surface area (Å²) in [6.07, 6.45) is 4.63. The number of anilines is 1. The Morgan fingerprint density at radius 3 is 2.58 bits per heavy atom. The van der Waals surface area contributed by atoms with Crippen LogP contribution in [0.4, 0.5) is 5.69 Å². The molecule has 0 unspecified atom stereocenters. The van der Waals surface area contributed by atoms with Gasteiger partial charge in [-0.2, -0.15) is 0 Å². The molecule has 0 radical (unpaired) electrons. The number of ether oxygens (including phenoxy) is 2. The van der Waals surface area contributed by atoms with Crippen molar-refractivity contribution in [3.63, 3.8) is 0 Å². The molecule has 0 atom stereocenters. The van der Waals surface area contributed by atoms with E-state index in [0.29, 0.717) is 19.4 Å². The summed E-state index contributed by atoms with van der Waals surface area (Å²) in [5.41, 5.74) is 3.69. The number of hydrogen-bond donors (Lipinski definition) is 1. The summed E-state index contributed by atoms with van der Waals surface area (Å²) < 4.78 is 10.7. The zero-order valence-corrected chi connectivity index (χ0v) is 14.0. The number of nitrogens with one attached hydrogen (secondary N) is 1. The van der Waals surface area contributed by atoms with Crippen molar-refractivity contribution >= 4 is 11.6 Å². The van der Waals surface area contributed by atoms with Gasteiger partial charge in [0, 0.05) is 12.1 Å². The van der Waals surface area contributed by atoms with E-state index in [9.17, 15) is 4.79 Å². The molecule has 126 valence electrons. The molecule has 1 amide bonds. The number of fused-ring (bicyclic) bond motifs is 1. The van der Waals surface area contributed by atoms with Crippen LogP contribution in [0, 0.1) is 0 Å². The number of carbonyl (C=O) groups is 1. The third-order valence-corrected chi connectivity index (χ3v) is 4.26. The third-order valence-electron chi connectivity index (χ3n) is 4.26. The molecule has 1 aliphatic carbocycles. The normalized spacial score (nSPS) is 12.5. The minimum absolute atomic E-state index is 0.0336. The second-order valence-corrected chi connectivity index (χ2v) is 6.01. The Hall–Kier alpha value is -2.49. The lowest BCUT2D eigenvalue weighted by atomic mass is 10.1. The fraction of sp³-hybridized carbons (Fsp3) is 0.350. The minimum atomic E-state index is 0.0336. The van der Waals surface area contributed by atoms with Crippen LogP contribution in [0.2, 0.25) is 0 Å². The molecule has 2 aromatic carbocycles. The monoisotopic (exact) mass is 325 g/mol. The molecule has 0 spiro atoms. The SMILES string of the molecule is COc1ccc(OCCCC(=O)Nc2ccc3c(c2)CCC3)cc1. The lowest BCUT2D eigenvalue weighted by Gasteiger charge is -2.09. The Kier molecular flexibility index (Phi) is 5.36. The van der Waals surface area contributed by atoms with Gasteiger partial charge in [-0.25, -0.2) is 0 Å². The number of rotatable bonds is 7. The number of hydrogen-bond acceptors (Lipinski definition) is 3. The van der Waals surface area contributed by atoms with E-state index in [1.807, 2.05) is 30.3 Å². The highest BCUT2D eigenvalue weighted by molar-refractivity contribution is 5.90. The highest BCUT2D eigenvalue weighted by Crippen LogP contribution is 2.25. The average Bonchev–Trinajstić information content (AvgIpc) is 3.07. The molecule has 4 nitrogen and oxygen atoms in total. The van der Waals surface area contributed by atoms with Crippen molar-refractivity contribution in [3.8, 4) is 11.5 Å². The highest BCUT2D eigenvalue weighted by atomic mass is 16.5. The Labute approximate surface area is 142 Å². The summed E-state index contributed by atoms with van der Waals surface area (Å²) in [6, 6.07) is 13.7. The largest absolute Gasteiger partial charge is 0.497 e. The van der Waals surface area contributed by atoms with Gasteiger partial charge in [0.05, 0.1) is 13.7 Å². The molecular weight excluding hydrogens is 302 g/mol. The van der Waals surface area contributed by atoms with E-state index in [1.165, 1.54) is 17.5 Å². The van der Waals surface area contributed by atoms with Gasteiger partial charge in [0.15, 0.2) is 0 Å². The summed E-state index contributed by atoms with van der Waals surface area (Å²) >= 11 is 0. The molecule has 0 aliphatic heterocycles. The first-order valence-corrected chi connectivity index (χ1v) is 8.43. The van der Waals surface area contributed by atoms with Crippen molar-refractivity contribution in [2.24, 2.45) is 0 Å². The summed E-state index contributed by atoms with van der Waals surface area (Å²) in [5, 5.41) is 2.97. The van der Waals surface area contributed by atoms with E-state index in [-0.39, 0.29) is 5.91 Å². The first-order valence-electron chi connectivity index (χ1n) is 8.43. The summed E-state index contributed by atoms with van der Waals surface area (Å²) in [4.78, 5) is 12.0. The van der Waals surface area contributed by atoms with Crippen molar-refractivity contribution in [1.29, 1.82) is 0 Å². The van der Waals surface area contributed by atoms with Gasteiger partial charge in [0.2, 0.25) is 5.91 Å². The molecule has 1 aliphatic rings. The van der Waals surface area contributed by atoms with Crippen LogP contribution in [0.3, 0.4) is 0 Å². The van der Waals surface area contributed by atoms with Gasteiger partial charge in [0.25, 0.3) is 0 Å². The van der Waals surface area contributed by atoms with Gasteiger partial charge in [-0.3, -0.25) is 4.79 Å². The van der Waals surface area contributed by atoms with Crippen LogP contribution in [-0.4, -0.2) is 19.6 Å². The van der Waals surface area contributed by atoms with Crippen LogP contribution >= 0.6 is 0 Å². The van der Waals surface area contributed by atoms with Gasteiger partial charge in [-0.15, -0.1) is 0 Å². The number of carbonyl (C=O) groups excluding carboxylic acids is 1. The number of benzene rings is 2. The third kappa shape index (κ3) is 4.28. The molecule has 3 rings (SSSR count). The molecule has 0 saturated carbocycles. The minimum Gasteiger partial charge on any atom is -0.497 e. The van der Waals surface area contributed by atoms with Gasteiger partial charge < -0.3 is 14.8 Å². The molecule has 24 heavy (non-hydrogen) atoms. The van der Waals surface area contributed by atoms with Crippen LogP contribution < -0.4 is 14.8 Å². The Morgan fingerprint density at radius 2 is 1.79 bits per heavy atom. The van der Waals surface area contributed by atoms with Gasteiger partial charge in [-0.05, 0) is 73.2 Å². The zero-order valence-electron chi connectivity index (χ0n) is 14.0. The van der Waals surface area contributed by atoms with Crippen LogP contribution in [0.5, 0.6) is 11.5 Å². The second kappa shape index (κ2) is 7.86. The molecule has 0 aromatic heterocycles. The Balaban J connectivity index is 1.39. The maximum absolute atomic E-state index is 12.0. The van der Waals surface area contributed by atoms with Crippen LogP contribution in [0.1, 0.15) is 30.4 Å². The number of amides is 1.